The van der Waals surface area contributed by atoms with Crippen LogP contribution in [0.25, 0.3) is 0 Å². The molecule has 9 nitrogen and oxygen atoms in total. The summed E-state index contributed by atoms with van der Waals surface area (Å²) >= 11 is 0. The standard InChI is InChI=1S/C11H19N3O6/c1-20-9(16)5-4-7(10(17)18)14-11(19)13-6-2-3-8(12)15/h7H,2-6H2,1H3,(H2,12,15)(H,17,18)(H2,13,14,19)/t7-/m1/s1. The molecule has 0 heterocycles. The third-order valence-corrected chi connectivity index (χ3v) is 2.35. The minimum Gasteiger partial charge on any atom is -0.480 e. The van der Waals surface area contributed by atoms with Gasteiger partial charge in [0.05, 0.1) is 7.11 Å². The second kappa shape index (κ2) is 9.59. The quantitative estimate of drug-likeness (QED) is 0.314. The fourth-order valence-corrected chi connectivity index (χ4v) is 1.30. The molecule has 0 saturated heterocycles. The first kappa shape index (κ1) is 17.7. The first-order valence-electron chi connectivity index (χ1n) is 5.99. The lowest BCUT2D eigenvalue weighted by Gasteiger charge is -2.14. The lowest BCUT2D eigenvalue weighted by Crippen LogP contribution is -2.46. The molecule has 0 rings (SSSR count). The molecule has 0 aromatic heterocycles. The molecule has 0 aliphatic rings. The Morgan fingerprint density at radius 2 is 1.90 bits per heavy atom. The number of hydrogen-bond acceptors (Lipinski definition) is 5. The molecule has 20 heavy (non-hydrogen) atoms. The molecular formula is C11H19N3O6. The first-order valence-corrected chi connectivity index (χ1v) is 5.99. The molecule has 0 fully saturated rings. The van der Waals surface area contributed by atoms with Gasteiger partial charge in [0.2, 0.25) is 5.91 Å². The Morgan fingerprint density at radius 3 is 2.40 bits per heavy atom. The van der Waals surface area contributed by atoms with E-state index in [0.717, 1.165) is 0 Å². The normalized spacial score (nSPS) is 11.2. The maximum absolute atomic E-state index is 11.4. The fraction of sp³-hybridized carbons (Fsp3) is 0.636. The summed E-state index contributed by atoms with van der Waals surface area (Å²) in [6.45, 7) is 0.193. The molecule has 0 unspecified atom stereocenters. The van der Waals surface area contributed by atoms with E-state index in [0.29, 0.717) is 6.42 Å². The van der Waals surface area contributed by atoms with Crippen molar-refractivity contribution in [1.29, 1.82) is 0 Å². The topological polar surface area (TPSA) is 148 Å². The Balaban J connectivity index is 4.04. The molecule has 0 radical (unpaired) electrons. The third kappa shape index (κ3) is 8.72. The van der Waals surface area contributed by atoms with Gasteiger partial charge in [-0.2, -0.15) is 0 Å². The number of primary amides is 1. The number of carboxylic acids is 1. The summed E-state index contributed by atoms with van der Waals surface area (Å²) in [5, 5.41) is 13.5. The molecule has 0 saturated carbocycles. The largest absolute Gasteiger partial charge is 0.480 e. The fourth-order valence-electron chi connectivity index (χ4n) is 1.30. The second-order valence-corrected chi connectivity index (χ2v) is 3.98. The van der Waals surface area contributed by atoms with Crippen LogP contribution in [-0.4, -0.2) is 48.7 Å². The Bertz CT molecular complexity index is 371. The predicted molar refractivity (Wildman–Crippen MR) is 67.6 cm³/mol. The van der Waals surface area contributed by atoms with E-state index >= 15 is 0 Å². The second-order valence-electron chi connectivity index (χ2n) is 3.98. The van der Waals surface area contributed by atoms with Gasteiger partial charge in [-0.3, -0.25) is 9.59 Å². The average Bonchev–Trinajstić information content (AvgIpc) is 2.38. The zero-order valence-electron chi connectivity index (χ0n) is 11.2. The first-order chi connectivity index (χ1) is 9.36. The van der Waals surface area contributed by atoms with Gasteiger partial charge in [0, 0.05) is 19.4 Å². The number of methoxy groups -OCH3 is 1. The van der Waals surface area contributed by atoms with Gasteiger partial charge in [0.1, 0.15) is 6.04 Å². The summed E-state index contributed by atoms with van der Waals surface area (Å²) in [4.78, 5) is 43.7. The molecule has 0 spiro atoms. The summed E-state index contributed by atoms with van der Waals surface area (Å²) in [6.07, 6.45) is 0.305. The van der Waals surface area contributed by atoms with Gasteiger partial charge in [-0.1, -0.05) is 0 Å². The van der Waals surface area contributed by atoms with Gasteiger partial charge in [0.25, 0.3) is 0 Å². The third-order valence-electron chi connectivity index (χ3n) is 2.35. The number of nitrogens with two attached hydrogens (primary N) is 1. The molecular weight excluding hydrogens is 270 g/mol. The predicted octanol–water partition coefficient (Wildman–Crippen LogP) is -1.04. The van der Waals surface area contributed by atoms with E-state index < -0.39 is 29.9 Å². The van der Waals surface area contributed by atoms with Crippen molar-refractivity contribution in [2.45, 2.75) is 31.7 Å². The van der Waals surface area contributed by atoms with E-state index in [1.807, 2.05) is 0 Å². The summed E-state index contributed by atoms with van der Waals surface area (Å²) in [6, 6.07) is -1.88. The van der Waals surface area contributed by atoms with E-state index in [9.17, 15) is 19.2 Å². The van der Waals surface area contributed by atoms with E-state index in [2.05, 4.69) is 15.4 Å². The van der Waals surface area contributed by atoms with Crippen molar-refractivity contribution in [3.05, 3.63) is 0 Å². The van der Waals surface area contributed by atoms with Crippen LogP contribution in [0.4, 0.5) is 4.79 Å². The SMILES string of the molecule is COC(=O)CC[C@@H](NC(=O)NCCCC(N)=O)C(=O)O. The number of carboxylic acid groups (broad SMARTS) is 1. The number of nitrogens with one attached hydrogen (secondary N) is 2. The molecule has 0 aromatic rings. The molecule has 0 aliphatic carbocycles. The lowest BCUT2D eigenvalue weighted by atomic mass is 10.1. The zero-order chi connectivity index (χ0) is 15.5. The number of carbonyl (C=O) groups excluding carboxylic acids is 3. The van der Waals surface area contributed by atoms with Crippen molar-refractivity contribution < 1.29 is 29.0 Å². The van der Waals surface area contributed by atoms with Crippen molar-refractivity contribution in [2.75, 3.05) is 13.7 Å². The van der Waals surface area contributed by atoms with Crippen LogP contribution >= 0.6 is 0 Å². The van der Waals surface area contributed by atoms with Crippen molar-refractivity contribution >= 4 is 23.9 Å². The number of rotatable bonds is 9. The van der Waals surface area contributed by atoms with Gasteiger partial charge in [0.15, 0.2) is 0 Å². The maximum Gasteiger partial charge on any atom is 0.326 e. The monoisotopic (exact) mass is 289 g/mol. The van der Waals surface area contributed by atoms with Crippen LogP contribution in [0, 0.1) is 0 Å². The number of esters is 1. The van der Waals surface area contributed by atoms with E-state index in [1.165, 1.54) is 7.11 Å². The van der Waals surface area contributed by atoms with Crippen LogP contribution in [-0.2, 0) is 19.1 Å². The summed E-state index contributed by atoms with van der Waals surface area (Å²) in [7, 11) is 1.19. The van der Waals surface area contributed by atoms with Crippen molar-refractivity contribution in [3.8, 4) is 0 Å². The highest BCUT2D eigenvalue weighted by Crippen LogP contribution is 1.99. The molecule has 3 amide bonds. The highest BCUT2D eigenvalue weighted by atomic mass is 16.5. The molecule has 5 N–H and O–H groups in total. The molecule has 1 atom stereocenters. The van der Waals surface area contributed by atoms with Crippen molar-refractivity contribution in [1.82, 2.24) is 10.6 Å². The molecule has 0 bridgehead atoms. The number of hydrogen-bond donors (Lipinski definition) is 4. The highest BCUT2D eigenvalue weighted by molar-refractivity contribution is 5.83. The van der Waals surface area contributed by atoms with Gasteiger partial charge < -0.3 is 26.2 Å². The molecule has 9 heteroatoms. The Kier molecular flexibility index (Phi) is 8.48. The number of aliphatic carboxylic acids is 1. The van der Waals surface area contributed by atoms with Crippen molar-refractivity contribution in [3.63, 3.8) is 0 Å². The minimum atomic E-state index is -1.25. The van der Waals surface area contributed by atoms with Crippen LogP contribution in [0.1, 0.15) is 25.7 Å². The zero-order valence-corrected chi connectivity index (χ0v) is 11.2. The highest BCUT2D eigenvalue weighted by Gasteiger charge is 2.20. The number of amides is 3. The summed E-state index contributed by atoms with van der Waals surface area (Å²) in [5.74, 6) is -2.28. The van der Waals surface area contributed by atoms with Crippen LogP contribution in [0.3, 0.4) is 0 Å². The number of urea groups is 1. The summed E-state index contributed by atoms with van der Waals surface area (Å²) < 4.78 is 4.38. The molecule has 0 aliphatic heterocycles. The van der Waals surface area contributed by atoms with Crippen LogP contribution in [0.15, 0.2) is 0 Å². The number of ether oxygens (including phenoxy) is 1. The van der Waals surface area contributed by atoms with Crippen LogP contribution < -0.4 is 16.4 Å². The average molecular weight is 289 g/mol. The molecule has 0 aromatic carbocycles. The smallest absolute Gasteiger partial charge is 0.326 e. The minimum absolute atomic E-state index is 0.0727. The van der Waals surface area contributed by atoms with Gasteiger partial charge in [-0.15, -0.1) is 0 Å². The van der Waals surface area contributed by atoms with Gasteiger partial charge in [-0.05, 0) is 12.8 Å². The van der Waals surface area contributed by atoms with E-state index in [1.54, 1.807) is 0 Å². The van der Waals surface area contributed by atoms with Crippen LogP contribution in [0.5, 0.6) is 0 Å². The van der Waals surface area contributed by atoms with E-state index in [-0.39, 0.29) is 25.8 Å². The Morgan fingerprint density at radius 1 is 1.25 bits per heavy atom. The van der Waals surface area contributed by atoms with Crippen molar-refractivity contribution in [2.24, 2.45) is 5.73 Å². The Hall–Kier alpha value is -2.32. The van der Waals surface area contributed by atoms with Gasteiger partial charge >= 0.3 is 18.0 Å². The van der Waals surface area contributed by atoms with E-state index in [4.69, 9.17) is 10.8 Å². The van der Waals surface area contributed by atoms with Crippen LogP contribution in [0.2, 0.25) is 0 Å². The number of carbonyl (C=O) groups is 4. The maximum atomic E-state index is 11.4. The Labute approximate surface area is 115 Å². The summed E-state index contributed by atoms with van der Waals surface area (Å²) in [5.41, 5.74) is 4.92. The lowest BCUT2D eigenvalue weighted by molar-refractivity contribution is -0.142. The molecule has 114 valence electrons. The van der Waals surface area contributed by atoms with Gasteiger partial charge in [-0.25, -0.2) is 9.59 Å².